The maximum absolute atomic E-state index is 14.0. The van der Waals surface area contributed by atoms with E-state index in [2.05, 4.69) is 11.9 Å². The molecule has 0 bridgehead atoms. The first-order valence-corrected chi connectivity index (χ1v) is 11.3. The van der Waals surface area contributed by atoms with Gasteiger partial charge in [-0.15, -0.1) is 0 Å². The van der Waals surface area contributed by atoms with Crippen molar-refractivity contribution >= 4 is 11.7 Å². The van der Waals surface area contributed by atoms with E-state index in [1.807, 2.05) is 37.4 Å². The normalized spacial score (nSPS) is 24.9. The number of rotatable bonds is 3. The Labute approximate surface area is 188 Å². The number of carbonyl (C=O) groups excluding carboxylic acids is 1. The van der Waals surface area contributed by atoms with Gasteiger partial charge in [0.25, 0.3) is 0 Å². The van der Waals surface area contributed by atoms with Crippen LogP contribution in [0.5, 0.6) is 5.75 Å². The van der Waals surface area contributed by atoms with Gasteiger partial charge in [-0.2, -0.15) is 5.10 Å². The van der Waals surface area contributed by atoms with Crippen molar-refractivity contribution in [2.75, 3.05) is 40.3 Å². The third-order valence-corrected chi connectivity index (χ3v) is 6.77. The number of halogens is 1. The van der Waals surface area contributed by atoms with E-state index in [0.717, 1.165) is 37.2 Å². The second-order valence-electron chi connectivity index (χ2n) is 9.18. The van der Waals surface area contributed by atoms with Gasteiger partial charge in [0.15, 0.2) is 0 Å². The Morgan fingerprint density at radius 1 is 1.25 bits per heavy atom. The zero-order chi connectivity index (χ0) is 22.2. The number of carbonyl (C=O) groups is 1. The van der Waals surface area contributed by atoms with Gasteiger partial charge >= 0.3 is 6.03 Å². The van der Waals surface area contributed by atoms with Crippen LogP contribution in [0.4, 0.5) is 9.18 Å². The second kappa shape index (κ2) is 8.54. The highest BCUT2D eigenvalue weighted by Crippen LogP contribution is 2.43. The first-order chi connectivity index (χ1) is 15.5. The van der Waals surface area contributed by atoms with Crippen LogP contribution in [0.3, 0.4) is 0 Å². The lowest BCUT2D eigenvalue weighted by Gasteiger charge is -2.35. The Bertz CT molecular complexity index is 1030. The van der Waals surface area contributed by atoms with Crippen LogP contribution in [0.2, 0.25) is 0 Å². The summed E-state index contributed by atoms with van der Waals surface area (Å²) in [4.78, 5) is 17.7. The van der Waals surface area contributed by atoms with E-state index in [9.17, 15) is 9.18 Å². The molecule has 0 aromatic heterocycles. The van der Waals surface area contributed by atoms with Gasteiger partial charge in [0.1, 0.15) is 11.6 Å². The Balaban J connectivity index is 1.46. The SMILES string of the molecule is CN1CCC[C@@H](CN(C)C(=O)N2N=C3c4cc(F)ccc4OC[C@H]3[C@H]2c2ccccc2)C1. The number of benzene rings is 2. The fourth-order valence-electron chi connectivity index (χ4n) is 5.25. The average Bonchev–Trinajstić information content (AvgIpc) is 3.19. The highest BCUT2D eigenvalue weighted by atomic mass is 19.1. The molecule has 6 nitrogen and oxygen atoms in total. The molecule has 5 rings (SSSR count). The lowest BCUT2D eigenvalue weighted by atomic mass is 9.86. The first-order valence-electron chi connectivity index (χ1n) is 11.3. The summed E-state index contributed by atoms with van der Waals surface area (Å²) in [7, 11) is 3.98. The highest BCUT2D eigenvalue weighted by Gasteiger charge is 2.46. The Morgan fingerprint density at radius 3 is 2.84 bits per heavy atom. The third kappa shape index (κ3) is 3.86. The summed E-state index contributed by atoms with van der Waals surface area (Å²) in [6, 6.07) is 14.0. The monoisotopic (exact) mass is 436 g/mol. The standard InChI is InChI=1S/C25H29FN4O2/c1-28-12-6-7-17(14-28)15-29(2)25(31)30-24(18-8-4-3-5-9-18)21-16-32-22-11-10-19(26)13-20(22)23(21)27-30/h3-5,8-11,13,17,21,24H,6-7,12,14-16H2,1-2H3/t17-,21-,24-/m1/s1. The van der Waals surface area contributed by atoms with Crippen LogP contribution in [0.1, 0.15) is 30.0 Å². The van der Waals surface area contributed by atoms with Crippen LogP contribution >= 0.6 is 0 Å². The molecule has 3 heterocycles. The molecular formula is C25H29FN4O2. The molecule has 3 aliphatic heterocycles. The van der Waals surface area contributed by atoms with Gasteiger partial charge in [-0.1, -0.05) is 30.3 Å². The van der Waals surface area contributed by atoms with Crippen molar-refractivity contribution in [3.8, 4) is 5.75 Å². The van der Waals surface area contributed by atoms with Crippen LogP contribution in [-0.2, 0) is 0 Å². The van der Waals surface area contributed by atoms with Gasteiger partial charge < -0.3 is 14.5 Å². The van der Waals surface area contributed by atoms with Crippen molar-refractivity contribution in [2.45, 2.75) is 18.9 Å². The number of piperidine rings is 1. The number of hydrazone groups is 1. The van der Waals surface area contributed by atoms with E-state index in [1.165, 1.54) is 12.1 Å². The molecule has 7 heteroatoms. The van der Waals surface area contributed by atoms with Gasteiger partial charge in [0, 0.05) is 25.7 Å². The number of ether oxygens (including phenoxy) is 1. The summed E-state index contributed by atoms with van der Waals surface area (Å²) in [6.45, 7) is 3.20. The van der Waals surface area contributed by atoms with Gasteiger partial charge in [-0.05, 0) is 56.1 Å². The second-order valence-corrected chi connectivity index (χ2v) is 9.18. The van der Waals surface area contributed by atoms with E-state index in [4.69, 9.17) is 9.84 Å². The van der Waals surface area contributed by atoms with Crippen molar-refractivity contribution in [1.82, 2.24) is 14.8 Å². The van der Waals surface area contributed by atoms with Gasteiger partial charge in [-0.3, -0.25) is 0 Å². The van der Waals surface area contributed by atoms with E-state index in [1.54, 1.807) is 16.0 Å². The molecule has 0 aliphatic carbocycles. The van der Waals surface area contributed by atoms with Gasteiger partial charge in [0.2, 0.25) is 0 Å². The van der Waals surface area contributed by atoms with Crippen LogP contribution in [0.25, 0.3) is 0 Å². The lowest BCUT2D eigenvalue weighted by molar-refractivity contribution is 0.118. The largest absolute Gasteiger partial charge is 0.492 e. The molecule has 0 radical (unpaired) electrons. The minimum atomic E-state index is -0.338. The summed E-state index contributed by atoms with van der Waals surface area (Å²) in [6.07, 6.45) is 2.28. The number of urea groups is 1. The summed E-state index contributed by atoms with van der Waals surface area (Å²) >= 11 is 0. The molecule has 1 fully saturated rings. The van der Waals surface area contributed by atoms with Gasteiger partial charge in [-0.25, -0.2) is 14.2 Å². The predicted molar refractivity (Wildman–Crippen MR) is 121 cm³/mol. The van der Waals surface area contributed by atoms with E-state index >= 15 is 0 Å². The predicted octanol–water partition coefficient (Wildman–Crippen LogP) is 3.99. The van der Waals surface area contributed by atoms with Crippen molar-refractivity contribution < 1.29 is 13.9 Å². The van der Waals surface area contributed by atoms with E-state index in [0.29, 0.717) is 30.4 Å². The molecule has 0 unspecified atom stereocenters. The summed E-state index contributed by atoms with van der Waals surface area (Å²) < 4.78 is 20.0. The molecular weight excluding hydrogens is 407 g/mol. The van der Waals surface area contributed by atoms with Crippen LogP contribution in [0.15, 0.2) is 53.6 Å². The highest BCUT2D eigenvalue weighted by molar-refractivity contribution is 6.07. The minimum absolute atomic E-state index is 0.132. The summed E-state index contributed by atoms with van der Waals surface area (Å²) in [5.41, 5.74) is 2.35. The number of fused-ring (bicyclic) bond motifs is 3. The van der Waals surface area contributed by atoms with Crippen LogP contribution in [0, 0.1) is 17.7 Å². The molecule has 2 amide bonds. The molecule has 3 aliphatic rings. The molecule has 0 spiro atoms. The van der Waals surface area contributed by atoms with Gasteiger partial charge in [0.05, 0.1) is 24.3 Å². The van der Waals surface area contributed by atoms with Crippen molar-refractivity contribution in [1.29, 1.82) is 0 Å². The van der Waals surface area contributed by atoms with Crippen molar-refractivity contribution in [2.24, 2.45) is 16.9 Å². The fourth-order valence-corrected chi connectivity index (χ4v) is 5.25. The van der Waals surface area contributed by atoms with Crippen LogP contribution < -0.4 is 4.74 Å². The number of amides is 2. The first kappa shape index (κ1) is 20.9. The molecule has 3 atom stereocenters. The molecule has 168 valence electrons. The summed E-state index contributed by atoms with van der Waals surface area (Å²) in [5.74, 6) is 0.579. The van der Waals surface area contributed by atoms with Crippen molar-refractivity contribution in [3.63, 3.8) is 0 Å². The Morgan fingerprint density at radius 2 is 2.06 bits per heavy atom. The molecule has 2 aromatic rings. The lowest BCUT2D eigenvalue weighted by Crippen LogP contribution is -2.45. The topological polar surface area (TPSA) is 48.4 Å². The zero-order valence-corrected chi connectivity index (χ0v) is 18.6. The molecule has 32 heavy (non-hydrogen) atoms. The maximum Gasteiger partial charge on any atom is 0.340 e. The fraction of sp³-hybridized carbons (Fsp3) is 0.440. The van der Waals surface area contributed by atoms with E-state index in [-0.39, 0.29) is 23.8 Å². The molecule has 1 saturated heterocycles. The van der Waals surface area contributed by atoms with Crippen LogP contribution in [-0.4, -0.2) is 66.9 Å². The third-order valence-electron chi connectivity index (χ3n) is 6.77. The number of nitrogens with zero attached hydrogens (tertiary/aromatic N) is 4. The number of hydrogen-bond acceptors (Lipinski definition) is 4. The molecule has 0 saturated carbocycles. The maximum atomic E-state index is 14.0. The minimum Gasteiger partial charge on any atom is -0.492 e. The van der Waals surface area contributed by atoms with Crippen molar-refractivity contribution in [3.05, 3.63) is 65.5 Å². The Kier molecular flexibility index (Phi) is 5.59. The summed E-state index contributed by atoms with van der Waals surface area (Å²) in [5, 5.41) is 6.37. The zero-order valence-electron chi connectivity index (χ0n) is 18.6. The quantitative estimate of drug-likeness (QED) is 0.731. The molecule has 2 aromatic carbocycles. The number of likely N-dealkylation sites (tertiary alicyclic amines) is 1. The number of hydrogen-bond donors (Lipinski definition) is 0. The molecule has 0 N–H and O–H groups in total. The smallest absolute Gasteiger partial charge is 0.340 e. The Hall–Kier alpha value is -2.93. The average molecular weight is 437 g/mol. The van der Waals surface area contributed by atoms with E-state index < -0.39 is 0 Å².